The van der Waals surface area contributed by atoms with Crippen LogP contribution in [0.5, 0.6) is 0 Å². The highest BCUT2D eigenvalue weighted by Crippen LogP contribution is 2.35. The van der Waals surface area contributed by atoms with E-state index in [4.69, 9.17) is 0 Å². The van der Waals surface area contributed by atoms with Gasteiger partial charge in [0.15, 0.2) is 0 Å². The summed E-state index contributed by atoms with van der Waals surface area (Å²) in [6, 6.07) is 0. The molecule has 2 aliphatic heterocycles. The van der Waals surface area contributed by atoms with Crippen molar-refractivity contribution >= 4 is 0 Å². The number of piperazine rings is 1. The van der Waals surface area contributed by atoms with Crippen molar-refractivity contribution in [3.05, 3.63) is 0 Å². The molecule has 0 amide bonds. The molecule has 94 valence electrons. The van der Waals surface area contributed by atoms with E-state index < -0.39 is 0 Å². The highest BCUT2D eigenvalue weighted by Gasteiger charge is 2.41. The minimum absolute atomic E-state index is 0.481. The van der Waals surface area contributed by atoms with E-state index in [2.05, 4.69) is 36.0 Å². The van der Waals surface area contributed by atoms with Gasteiger partial charge in [-0.25, -0.2) is 0 Å². The molecule has 2 heterocycles. The molecule has 16 heavy (non-hydrogen) atoms. The summed E-state index contributed by atoms with van der Waals surface area (Å²) in [5, 5.41) is 3.47. The lowest BCUT2D eigenvalue weighted by Crippen LogP contribution is -2.62. The van der Waals surface area contributed by atoms with E-state index in [0.29, 0.717) is 5.54 Å². The number of nitrogens with zero attached hydrogens (tertiary/aromatic N) is 2. The van der Waals surface area contributed by atoms with Crippen molar-refractivity contribution in [1.29, 1.82) is 0 Å². The van der Waals surface area contributed by atoms with Crippen molar-refractivity contribution < 1.29 is 0 Å². The van der Waals surface area contributed by atoms with Gasteiger partial charge in [-0.3, -0.25) is 4.90 Å². The first-order chi connectivity index (χ1) is 7.65. The van der Waals surface area contributed by atoms with E-state index in [-0.39, 0.29) is 0 Å². The predicted octanol–water partition coefficient (Wildman–Crippen LogP) is 1.01. The third-order valence-electron chi connectivity index (χ3n) is 4.67. The van der Waals surface area contributed by atoms with Gasteiger partial charge in [-0.2, -0.15) is 0 Å². The predicted molar refractivity (Wildman–Crippen MR) is 68.7 cm³/mol. The summed E-state index contributed by atoms with van der Waals surface area (Å²) >= 11 is 0. The van der Waals surface area contributed by atoms with Gasteiger partial charge in [-0.05, 0) is 38.9 Å². The summed E-state index contributed by atoms with van der Waals surface area (Å²) < 4.78 is 0. The highest BCUT2D eigenvalue weighted by molar-refractivity contribution is 4.98. The Hall–Kier alpha value is -0.120. The SMILES string of the molecule is CC(C)C1(N2CCNCC2)CCN(C)CC1. The third-order valence-corrected chi connectivity index (χ3v) is 4.67. The number of hydrogen-bond donors (Lipinski definition) is 1. The maximum atomic E-state index is 3.47. The molecule has 0 aliphatic carbocycles. The van der Waals surface area contributed by atoms with Crippen molar-refractivity contribution in [1.82, 2.24) is 15.1 Å². The average molecular weight is 225 g/mol. The number of likely N-dealkylation sites (tertiary alicyclic amines) is 1. The summed E-state index contributed by atoms with van der Waals surface area (Å²) in [6.45, 7) is 12.2. The number of nitrogens with one attached hydrogen (secondary N) is 1. The monoisotopic (exact) mass is 225 g/mol. The lowest BCUT2D eigenvalue weighted by molar-refractivity contribution is -0.0146. The van der Waals surface area contributed by atoms with Crippen LogP contribution in [0, 0.1) is 5.92 Å². The maximum Gasteiger partial charge on any atom is 0.0257 e. The fourth-order valence-electron chi connectivity index (χ4n) is 3.37. The first-order valence-electron chi connectivity index (χ1n) is 6.79. The van der Waals surface area contributed by atoms with Gasteiger partial charge >= 0.3 is 0 Å². The maximum absolute atomic E-state index is 3.47. The Morgan fingerprint density at radius 1 is 1.00 bits per heavy atom. The molecule has 3 heteroatoms. The molecule has 2 fully saturated rings. The Balaban J connectivity index is 2.08. The summed E-state index contributed by atoms with van der Waals surface area (Å²) in [5.74, 6) is 0.777. The Morgan fingerprint density at radius 2 is 1.56 bits per heavy atom. The molecule has 0 aromatic heterocycles. The topological polar surface area (TPSA) is 18.5 Å². The summed E-state index contributed by atoms with van der Waals surface area (Å²) in [7, 11) is 2.25. The zero-order valence-corrected chi connectivity index (χ0v) is 11.1. The van der Waals surface area contributed by atoms with Crippen molar-refractivity contribution in [3.8, 4) is 0 Å². The smallest absolute Gasteiger partial charge is 0.0257 e. The molecule has 1 N–H and O–H groups in total. The van der Waals surface area contributed by atoms with Crippen molar-refractivity contribution in [2.24, 2.45) is 5.92 Å². The van der Waals surface area contributed by atoms with Crippen LogP contribution < -0.4 is 5.32 Å². The molecule has 0 unspecified atom stereocenters. The molecule has 0 saturated carbocycles. The molecule has 2 rings (SSSR count). The van der Waals surface area contributed by atoms with Crippen molar-refractivity contribution in [2.75, 3.05) is 46.3 Å². The van der Waals surface area contributed by atoms with Crippen molar-refractivity contribution in [2.45, 2.75) is 32.2 Å². The molecule has 3 nitrogen and oxygen atoms in total. The lowest BCUT2D eigenvalue weighted by atomic mass is 9.76. The number of piperidine rings is 1. The van der Waals surface area contributed by atoms with Crippen LogP contribution in [-0.2, 0) is 0 Å². The van der Waals surface area contributed by atoms with E-state index in [0.717, 1.165) is 5.92 Å². The zero-order chi connectivity index (χ0) is 11.6. The van der Waals surface area contributed by atoms with Crippen LogP contribution in [0.4, 0.5) is 0 Å². The minimum Gasteiger partial charge on any atom is -0.314 e. The van der Waals surface area contributed by atoms with Crippen LogP contribution in [0.2, 0.25) is 0 Å². The number of hydrogen-bond acceptors (Lipinski definition) is 3. The Kier molecular flexibility index (Phi) is 3.88. The van der Waals surface area contributed by atoms with Crippen molar-refractivity contribution in [3.63, 3.8) is 0 Å². The fourth-order valence-corrected chi connectivity index (χ4v) is 3.37. The second-order valence-corrected chi connectivity index (χ2v) is 5.80. The van der Waals surface area contributed by atoms with Gasteiger partial charge < -0.3 is 10.2 Å². The molecular weight excluding hydrogens is 198 g/mol. The molecular formula is C13H27N3. The number of rotatable bonds is 2. The van der Waals surface area contributed by atoms with Gasteiger partial charge in [0.2, 0.25) is 0 Å². The Bertz CT molecular complexity index is 213. The summed E-state index contributed by atoms with van der Waals surface area (Å²) in [4.78, 5) is 5.24. The quantitative estimate of drug-likeness (QED) is 0.757. The molecule has 0 bridgehead atoms. The van der Waals surface area contributed by atoms with E-state index in [1.165, 1.54) is 52.1 Å². The molecule has 2 aliphatic rings. The van der Waals surface area contributed by atoms with Crippen LogP contribution in [0.15, 0.2) is 0 Å². The molecule has 2 saturated heterocycles. The van der Waals surface area contributed by atoms with Crippen LogP contribution in [0.25, 0.3) is 0 Å². The van der Waals surface area contributed by atoms with E-state index in [1.54, 1.807) is 0 Å². The van der Waals surface area contributed by atoms with E-state index in [1.807, 2.05) is 0 Å². The second-order valence-electron chi connectivity index (χ2n) is 5.80. The lowest BCUT2D eigenvalue weighted by Gasteiger charge is -2.52. The summed E-state index contributed by atoms with van der Waals surface area (Å²) in [6.07, 6.45) is 2.70. The Morgan fingerprint density at radius 3 is 2.06 bits per heavy atom. The van der Waals surface area contributed by atoms with Crippen LogP contribution >= 0.6 is 0 Å². The third kappa shape index (κ3) is 2.27. The molecule has 0 aromatic carbocycles. The van der Waals surface area contributed by atoms with Gasteiger partial charge in [0.1, 0.15) is 0 Å². The summed E-state index contributed by atoms with van der Waals surface area (Å²) in [5.41, 5.74) is 0.481. The first kappa shape index (κ1) is 12.3. The van der Waals surface area contributed by atoms with Gasteiger partial charge in [0.25, 0.3) is 0 Å². The molecule has 0 radical (unpaired) electrons. The fraction of sp³-hybridized carbons (Fsp3) is 1.00. The second kappa shape index (κ2) is 5.03. The molecule has 0 atom stereocenters. The molecule has 0 spiro atoms. The first-order valence-corrected chi connectivity index (χ1v) is 6.79. The molecule has 0 aromatic rings. The highest BCUT2D eigenvalue weighted by atomic mass is 15.3. The van der Waals surface area contributed by atoms with E-state index in [9.17, 15) is 0 Å². The minimum atomic E-state index is 0.481. The standard InChI is InChI=1S/C13H27N3/c1-12(2)13(4-8-15(3)9-5-13)16-10-6-14-7-11-16/h12,14H,4-11H2,1-3H3. The van der Waals surface area contributed by atoms with Gasteiger partial charge in [-0.15, -0.1) is 0 Å². The average Bonchev–Trinajstić information content (AvgIpc) is 2.31. The van der Waals surface area contributed by atoms with Crippen LogP contribution in [-0.4, -0.2) is 61.7 Å². The zero-order valence-electron chi connectivity index (χ0n) is 11.1. The van der Waals surface area contributed by atoms with E-state index >= 15 is 0 Å². The van der Waals surface area contributed by atoms with Crippen LogP contribution in [0.1, 0.15) is 26.7 Å². The van der Waals surface area contributed by atoms with Gasteiger partial charge in [-0.1, -0.05) is 13.8 Å². The van der Waals surface area contributed by atoms with Crippen LogP contribution in [0.3, 0.4) is 0 Å². The Labute approximate surface area is 100 Å². The van der Waals surface area contributed by atoms with Gasteiger partial charge in [0, 0.05) is 31.7 Å². The normalized spacial score (nSPS) is 28.5. The van der Waals surface area contributed by atoms with Gasteiger partial charge in [0.05, 0.1) is 0 Å². The largest absolute Gasteiger partial charge is 0.314 e.